The van der Waals surface area contributed by atoms with Crippen LogP contribution >= 0.6 is 0 Å². The van der Waals surface area contributed by atoms with Crippen LogP contribution in [0.3, 0.4) is 0 Å². The monoisotopic (exact) mass is 651 g/mol. The van der Waals surface area contributed by atoms with Crippen LogP contribution in [0.2, 0.25) is 0 Å². The van der Waals surface area contributed by atoms with Crippen molar-refractivity contribution in [2.75, 3.05) is 106 Å². The van der Waals surface area contributed by atoms with Gasteiger partial charge in [0.15, 0.2) is 11.5 Å². The van der Waals surface area contributed by atoms with Gasteiger partial charge in [0.05, 0.1) is 59.5 Å². The smallest absolute Gasteiger partial charge is 0.255 e. The van der Waals surface area contributed by atoms with Crippen molar-refractivity contribution in [3.05, 3.63) is 83.4 Å². The highest BCUT2D eigenvalue weighted by Crippen LogP contribution is 2.39. The average Bonchev–Trinajstić information content (AvgIpc) is 3.10. The average molecular weight is 652 g/mol. The van der Waals surface area contributed by atoms with E-state index in [-0.39, 0.29) is 25.7 Å². The predicted octanol–water partition coefficient (Wildman–Crippen LogP) is 4.46. The molecular weight excluding hydrogens is 606 g/mol. The van der Waals surface area contributed by atoms with Crippen molar-refractivity contribution in [3.63, 3.8) is 0 Å². The summed E-state index contributed by atoms with van der Waals surface area (Å²) in [5.74, 6) is 6.90. The van der Waals surface area contributed by atoms with E-state index in [2.05, 4.69) is 17.2 Å². The Morgan fingerprint density at radius 3 is 1.49 bits per heavy atom. The molecule has 1 amide bonds. The molecule has 0 bridgehead atoms. The Labute approximate surface area is 277 Å². The van der Waals surface area contributed by atoms with Crippen LogP contribution in [0.1, 0.15) is 21.5 Å². The van der Waals surface area contributed by atoms with E-state index >= 15 is 0 Å². The number of carbonyl (C=O) groups is 1. The minimum absolute atomic E-state index is 0.209. The molecule has 11 heteroatoms. The van der Waals surface area contributed by atoms with Gasteiger partial charge in [0.25, 0.3) is 5.91 Å². The first kappa shape index (κ1) is 37.3. The number of hydrogen-bond acceptors (Lipinski definition) is 10. The van der Waals surface area contributed by atoms with Crippen molar-refractivity contribution in [2.45, 2.75) is 0 Å². The molecule has 0 aliphatic rings. The number of hydrogen-bond donors (Lipinski definition) is 1. The third-order valence-corrected chi connectivity index (χ3v) is 6.29. The van der Waals surface area contributed by atoms with Crippen molar-refractivity contribution >= 4 is 11.6 Å². The number of ether oxygens (including phenoxy) is 9. The summed E-state index contributed by atoms with van der Waals surface area (Å²) < 4.78 is 49.9. The van der Waals surface area contributed by atoms with Gasteiger partial charge in [-0.1, -0.05) is 30.0 Å². The first-order chi connectivity index (χ1) is 23.1. The highest BCUT2D eigenvalue weighted by molar-refractivity contribution is 6.05. The molecule has 0 saturated carbocycles. The lowest BCUT2D eigenvalue weighted by molar-refractivity contribution is 0.0468. The van der Waals surface area contributed by atoms with Gasteiger partial charge >= 0.3 is 0 Å². The maximum absolute atomic E-state index is 13.5. The molecule has 0 radical (unpaired) electrons. The van der Waals surface area contributed by atoms with Crippen molar-refractivity contribution in [2.24, 2.45) is 0 Å². The lowest BCUT2D eigenvalue weighted by Crippen LogP contribution is -2.16. The normalized spacial score (nSPS) is 10.6. The van der Waals surface area contributed by atoms with Gasteiger partial charge in [0, 0.05) is 43.7 Å². The predicted molar refractivity (Wildman–Crippen MR) is 178 cm³/mol. The summed E-state index contributed by atoms with van der Waals surface area (Å²) in [6.07, 6.45) is 0. The fourth-order valence-corrected chi connectivity index (χ4v) is 3.93. The van der Waals surface area contributed by atoms with Gasteiger partial charge < -0.3 is 47.9 Å². The van der Waals surface area contributed by atoms with Gasteiger partial charge in [-0.3, -0.25) is 4.79 Å². The third kappa shape index (κ3) is 14.9. The largest absolute Gasteiger partial charge is 0.487 e. The third-order valence-electron chi connectivity index (χ3n) is 6.29. The zero-order valence-corrected chi connectivity index (χ0v) is 27.4. The molecule has 1 N–H and O–H groups in total. The Bertz CT molecular complexity index is 1320. The fraction of sp³-hybridized carbons (Fsp3) is 0.417. The first-order valence-electron chi connectivity index (χ1n) is 15.4. The summed E-state index contributed by atoms with van der Waals surface area (Å²) in [4.78, 5) is 13.5. The highest BCUT2D eigenvalue weighted by Gasteiger charge is 2.20. The number of nitrogens with one attached hydrogen (secondary N) is 1. The number of benzene rings is 3. The van der Waals surface area contributed by atoms with E-state index in [9.17, 15) is 4.79 Å². The van der Waals surface area contributed by atoms with Crippen LogP contribution in [0.25, 0.3) is 0 Å². The Hall–Kier alpha value is -4.15. The zero-order chi connectivity index (χ0) is 33.4. The molecule has 0 aromatic heterocycles. The van der Waals surface area contributed by atoms with Crippen LogP contribution in [0.15, 0.2) is 66.7 Å². The summed E-state index contributed by atoms with van der Waals surface area (Å²) in [5, 5.41) is 2.94. The summed E-state index contributed by atoms with van der Waals surface area (Å²) in [7, 11) is 4.83. The van der Waals surface area contributed by atoms with E-state index in [0.29, 0.717) is 88.0 Å². The van der Waals surface area contributed by atoms with E-state index in [1.165, 1.54) is 0 Å². The van der Waals surface area contributed by atoms with Crippen LogP contribution in [0, 0.1) is 11.8 Å². The standard InChI is InChI=1S/C36H45NO10/c1-39-15-18-42-21-24-45-33-27-31(36(38)37-32-13-11-30(12-14-32)10-9-29-7-5-4-6-8-29)28-34(46-25-22-43-19-16-40-2)35(33)47-26-23-44-20-17-41-3/h4-8,11-14,27-28H,15-26H2,1-3H3,(H,37,38). The molecule has 254 valence electrons. The van der Waals surface area contributed by atoms with E-state index in [1.807, 2.05) is 42.5 Å². The fourth-order valence-electron chi connectivity index (χ4n) is 3.93. The number of carbonyl (C=O) groups excluding carboxylic acids is 1. The SMILES string of the molecule is COCCOCCOc1cc(C(=O)Nc2ccc(C#Cc3ccccc3)cc2)cc(OCCOCCOC)c1OCCOCCOC. The minimum Gasteiger partial charge on any atom is -0.487 e. The second kappa shape index (κ2) is 23.2. The summed E-state index contributed by atoms with van der Waals surface area (Å²) in [6, 6.07) is 20.3. The van der Waals surface area contributed by atoms with E-state index in [4.69, 9.17) is 42.6 Å². The number of rotatable bonds is 23. The van der Waals surface area contributed by atoms with Crippen molar-refractivity contribution in [3.8, 4) is 29.1 Å². The second-order valence-electron chi connectivity index (χ2n) is 9.81. The summed E-state index contributed by atoms with van der Waals surface area (Å²) in [5.41, 5.74) is 2.67. The molecule has 0 atom stereocenters. The van der Waals surface area contributed by atoms with Crippen LogP contribution in [-0.4, -0.2) is 107 Å². The number of amides is 1. The molecular formula is C36H45NO10. The van der Waals surface area contributed by atoms with Crippen LogP contribution in [-0.2, 0) is 28.4 Å². The molecule has 47 heavy (non-hydrogen) atoms. The van der Waals surface area contributed by atoms with E-state index in [1.54, 1.807) is 45.6 Å². The molecule has 11 nitrogen and oxygen atoms in total. The van der Waals surface area contributed by atoms with Gasteiger partial charge in [-0.2, -0.15) is 0 Å². The molecule has 3 rings (SSSR count). The minimum atomic E-state index is -0.357. The van der Waals surface area contributed by atoms with E-state index in [0.717, 1.165) is 11.1 Å². The maximum atomic E-state index is 13.5. The molecule has 0 aliphatic carbocycles. The molecule has 0 unspecified atom stereocenters. The van der Waals surface area contributed by atoms with Crippen LogP contribution < -0.4 is 19.5 Å². The summed E-state index contributed by atoms with van der Waals surface area (Å²) >= 11 is 0. The molecule has 3 aromatic rings. The Morgan fingerprint density at radius 1 is 0.553 bits per heavy atom. The van der Waals surface area contributed by atoms with Crippen LogP contribution in [0.4, 0.5) is 5.69 Å². The van der Waals surface area contributed by atoms with Gasteiger partial charge in [0.1, 0.15) is 19.8 Å². The quantitative estimate of drug-likeness (QED) is 0.117. The molecule has 3 aromatic carbocycles. The van der Waals surface area contributed by atoms with Gasteiger partial charge in [-0.25, -0.2) is 0 Å². The van der Waals surface area contributed by atoms with Crippen molar-refractivity contribution in [1.29, 1.82) is 0 Å². The zero-order valence-electron chi connectivity index (χ0n) is 27.4. The molecule has 0 heterocycles. The van der Waals surface area contributed by atoms with Gasteiger partial charge in [-0.05, 0) is 48.5 Å². The molecule has 0 fully saturated rings. The number of anilines is 1. The molecule has 0 spiro atoms. The second-order valence-corrected chi connectivity index (χ2v) is 9.81. The van der Waals surface area contributed by atoms with E-state index < -0.39 is 0 Å². The Morgan fingerprint density at radius 2 is 1.00 bits per heavy atom. The Balaban J connectivity index is 1.78. The molecule has 0 saturated heterocycles. The highest BCUT2D eigenvalue weighted by atomic mass is 16.6. The van der Waals surface area contributed by atoms with Gasteiger partial charge in [-0.15, -0.1) is 0 Å². The van der Waals surface area contributed by atoms with Gasteiger partial charge in [0.2, 0.25) is 5.75 Å². The Kier molecular flexibility index (Phi) is 18.4. The maximum Gasteiger partial charge on any atom is 0.255 e. The van der Waals surface area contributed by atoms with Crippen LogP contribution in [0.5, 0.6) is 17.2 Å². The first-order valence-corrected chi connectivity index (χ1v) is 15.4. The lowest BCUT2D eigenvalue weighted by Gasteiger charge is -2.19. The van der Waals surface area contributed by atoms with Crippen molar-refractivity contribution in [1.82, 2.24) is 0 Å². The number of methoxy groups -OCH3 is 3. The van der Waals surface area contributed by atoms with Crippen molar-refractivity contribution < 1.29 is 47.4 Å². The lowest BCUT2D eigenvalue weighted by atomic mass is 10.1. The topological polar surface area (TPSA) is 112 Å². The summed E-state index contributed by atoms with van der Waals surface area (Å²) in [6.45, 7) is 4.28. The molecule has 0 aliphatic heterocycles.